The Morgan fingerprint density at radius 2 is 1.94 bits per heavy atom. The second kappa shape index (κ2) is 13.1. The molecule has 35 heavy (non-hydrogen) atoms. The third-order valence-electron chi connectivity index (χ3n) is 6.87. The van der Waals surface area contributed by atoms with Gasteiger partial charge in [-0.2, -0.15) is 0 Å². The second-order valence-electron chi connectivity index (χ2n) is 9.41. The summed E-state index contributed by atoms with van der Waals surface area (Å²) in [6.07, 6.45) is 4.63. The van der Waals surface area contributed by atoms with Crippen LogP contribution in [0.25, 0.3) is 0 Å². The topological polar surface area (TPSA) is 40.2 Å². The minimum atomic E-state index is 0.738. The molecule has 1 saturated heterocycles. The number of rotatable bonds is 10. The van der Waals surface area contributed by atoms with Crippen LogP contribution in [0.4, 0.5) is 11.4 Å². The van der Waals surface area contributed by atoms with Crippen molar-refractivity contribution in [2.75, 3.05) is 69.8 Å². The number of methoxy groups -OCH3 is 1. The molecule has 2 heterocycles. The third kappa shape index (κ3) is 7.09. The highest BCUT2D eigenvalue weighted by Gasteiger charge is 2.19. The van der Waals surface area contributed by atoms with E-state index in [1.54, 1.807) is 7.11 Å². The smallest absolute Gasteiger partial charge is 0.173 e. The Bertz CT molecular complexity index is 964. The quantitative estimate of drug-likeness (QED) is 0.475. The molecule has 190 valence electrons. The van der Waals surface area contributed by atoms with Crippen LogP contribution in [0.5, 0.6) is 5.75 Å². The number of hydrogen-bond donors (Lipinski definition) is 1. The zero-order valence-electron chi connectivity index (χ0n) is 21.3. The Hall–Kier alpha value is -2.35. The van der Waals surface area contributed by atoms with Crippen molar-refractivity contribution < 1.29 is 9.47 Å². The van der Waals surface area contributed by atoms with Gasteiger partial charge in [-0.25, -0.2) is 0 Å². The number of fused-ring (bicyclic) bond motifs is 1. The summed E-state index contributed by atoms with van der Waals surface area (Å²) in [5.41, 5.74) is 5.10. The number of nitrogens with one attached hydrogen (secondary N) is 1. The van der Waals surface area contributed by atoms with E-state index in [9.17, 15) is 0 Å². The highest BCUT2D eigenvalue weighted by Crippen LogP contribution is 2.29. The Labute approximate surface area is 216 Å². The van der Waals surface area contributed by atoms with Crippen LogP contribution < -0.4 is 15.0 Å². The first-order valence-electron chi connectivity index (χ1n) is 13.0. The van der Waals surface area contributed by atoms with Gasteiger partial charge in [0.1, 0.15) is 5.75 Å². The molecule has 7 heteroatoms. The highest BCUT2D eigenvalue weighted by molar-refractivity contribution is 7.80. The molecule has 2 aromatic carbocycles. The molecular weight excluding hydrogens is 456 g/mol. The van der Waals surface area contributed by atoms with Gasteiger partial charge in [0.2, 0.25) is 0 Å². The monoisotopic (exact) mass is 496 g/mol. The number of benzene rings is 2. The molecule has 2 aliphatic heterocycles. The van der Waals surface area contributed by atoms with Gasteiger partial charge in [-0.05, 0) is 67.2 Å². The molecule has 0 spiro atoms. The molecule has 1 fully saturated rings. The summed E-state index contributed by atoms with van der Waals surface area (Å²) in [6, 6.07) is 15.0. The van der Waals surface area contributed by atoms with Gasteiger partial charge in [0, 0.05) is 51.5 Å². The van der Waals surface area contributed by atoms with Crippen LogP contribution in [0.2, 0.25) is 0 Å². The van der Waals surface area contributed by atoms with Gasteiger partial charge in [0.05, 0.1) is 26.0 Å². The lowest BCUT2D eigenvalue weighted by Gasteiger charge is -2.32. The Balaban J connectivity index is 1.46. The molecule has 2 aromatic rings. The zero-order chi connectivity index (χ0) is 24.5. The molecule has 0 amide bonds. The fraction of sp³-hybridized carbons (Fsp3) is 0.536. The number of morpholine rings is 1. The first-order chi connectivity index (χ1) is 17.2. The van der Waals surface area contributed by atoms with Crippen molar-refractivity contribution in [3.05, 3.63) is 53.6 Å². The summed E-state index contributed by atoms with van der Waals surface area (Å²) in [6.45, 7) is 11.0. The SMILES string of the molecule is CCCN1CCCc2cc(CN(CCCN3CCOCC3)C(=S)Nc3ccccc3OC)ccc21. The summed E-state index contributed by atoms with van der Waals surface area (Å²) < 4.78 is 11.0. The van der Waals surface area contributed by atoms with Gasteiger partial charge >= 0.3 is 0 Å². The molecule has 0 saturated carbocycles. The maximum absolute atomic E-state index is 5.93. The Morgan fingerprint density at radius 1 is 1.11 bits per heavy atom. The van der Waals surface area contributed by atoms with Crippen molar-refractivity contribution in [3.8, 4) is 5.75 Å². The van der Waals surface area contributed by atoms with Crippen molar-refractivity contribution in [1.82, 2.24) is 9.80 Å². The minimum absolute atomic E-state index is 0.738. The van der Waals surface area contributed by atoms with E-state index in [4.69, 9.17) is 21.7 Å². The van der Waals surface area contributed by atoms with E-state index in [2.05, 4.69) is 45.1 Å². The van der Waals surface area contributed by atoms with Crippen molar-refractivity contribution in [2.45, 2.75) is 39.2 Å². The van der Waals surface area contributed by atoms with E-state index in [1.807, 2.05) is 24.3 Å². The summed E-state index contributed by atoms with van der Waals surface area (Å²) in [5.74, 6) is 0.799. The first kappa shape index (κ1) is 25.7. The van der Waals surface area contributed by atoms with Gasteiger partial charge in [0.25, 0.3) is 0 Å². The van der Waals surface area contributed by atoms with Crippen molar-refractivity contribution in [3.63, 3.8) is 0 Å². The van der Waals surface area contributed by atoms with Crippen LogP contribution >= 0.6 is 12.2 Å². The summed E-state index contributed by atoms with van der Waals surface area (Å²) >= 11 is 5.93. The maximum atomic E-state index is 5.93. The van der Waals surface area contributed by atoms with Crippen molar-refractivity contribution in [1.29, 1.82) is 0 Å². The van der Waals surface area contributed by atoms with Crippen LogP contribution in [-0.4, -0.2) is 74.5 Å². The van der Waals surface area contributed by atoms with E-state index < -0.39 is 0 Å². The van der Waals surface area contributed by atoms with E-state index in [0.29, 0.717) is 0 Å². The molecule has 6 nitrogen and oxygen atoms in total. The molecule has 0 unspecified atom stereocenters. The molecule has 2 aliphatic rings. The molecular formula is C28H40N4O2S. The third-order valence-corrected chi connectivity index (χ3v) is 7.23. The second-order valence-corrected chi connectivity index (χ2v) is 9.80. The number of hydrogen-bond acceptors (Lipinski definition) is 5. The molecule has 0 bridgehead atoms. The highest BCUT2D eigenvalue weighted by atomic mass is 32.1. The Morgan fingerprint density at radius 3 is 2.74 bits per heavy atom. The fourth-order valence-corrected chi connectivity index (χ4v) is 5.32. The number of nitrogens with zero attached hydrogens (tertiary/aromatic N) is 3. The summed E-state index contributed by atoms with van der Waals surface area (Å²) in [4.78, 5) is 7.33. The lowest BCUT2D eigenvalue weighted by atomic mass is 9.98. The molecule has 0 radical (unpaired) electrons. The lowest BCUT2D eigenvalue weighted by molar-refractivity contribution is 0.0368. The predicted molar refractivity (Wildman–Crippen MR) is 149 cm³/mol. The van der Waals surface area contributed by atoms with Crippen LogP contribution in [0.1, 0.15) is 37.3 Å². The number of aryl methyl sites for hydroxylation is 1. The number of ether oxygens (including phenoxy) is 2. The van der Waals surface area contributed by atoms with Crippen LogP contribution in [0.15, 0.2) is 42.5 Å². The molecule has 0 aromatic heterocycles. The summed E-state index contributed by atoms with van der Waals surface area (Å²) in [5, 5.41) is 4.18. The van der Waals surface area contributed by atoms with Crippen molar-refractivity contribution in [2.24, 2.45) is 0 Å². The van der Waals surface area contributed by atoms with Crippen LogP contribution in [0, 0.1) is 0 Å². The van der Waals surface area contributed by atoms with Gasteiger partial charge in [-0.15, -0.1) is 0 Å². The summed E-state index contributed by atoms with van der Waals surface area (Å²) in [7, 11) is 1.69. The maximum Gasteiger partial charge on any atom is 0.173 e. The predicted octanol–water partition coefficient (Wildman–Crippen LogP) is 4.78. The van der Waals surface area contributed by atoms with Gasteiger partial charge in [-0.1, -0.05) is 31.2 Å². The molecule has 4 rings (SSSR count). The zero-order valence-corrected chi connectivity index (χ0v) is 22.1. The Kier molecular flexibility index (Phi) is 9.63. The standard InChI is InChI=1S/C28H40N4O2S/c1-3-13-31-15-6-8-24-21-23(11-12-26(24)31)22-32(16-7-14-30-17-19-34-20-18-30)28(35)29-25-9-4-5-10-27(25)33-2/h4-5,9-12,21H,3,6-8,13-20,22H2,1-2H3,(H,29,35). The lowest BCUT2D eigenvalue weighted by Crippen LogP contribution is -2.40. The number of para-hydroxylation sites is 2. The van der Waals surface area contributed by atoms with Gasteiger partial charge < -0.3 is 24.6 Å². The van der Waals surface area contributed by atoms with Gasteiger partial charge in [0.15, 0.2) is 5.11 Å². The number of thiocarbonyl (C=S) groups is 1. The van der Waals surface area contributed by atoms with Crippen molar-refractivity contribution >= 4 is 28.7 Å². The van der Waals surface area contributed by atoms with Crippen LogP contribution in [-0.2, 0) is 17.7 Å². The average Bonchev–Trinajstić information content (AvgIpc) is 2.89. The van der Waals surface area contributed by atoms with E-state index in [0.717, 1.165) is 81.9 Å². The van der Waals surface area contributed by atoms with Gasteiger partial charge in [-0.3, -0.25) is 4.90 Å². The van der Waals surface area contributed by atoms with E-state index >= 15 is 0 Å². The van der Waals surface area contributed by atoms with E-state index in [1.165, 1.54) is 36.2 Å². The van der Waals surface area contributed by atoms with Crippen LogP contribution in [0.3, 0.4) is 0 Å². The minimum Gasteiger partial charge on any atom is -0.495 e. The first-order valence-corrected chi connectivity index (χ1v) is 13.4. The largest absolute Gasteiger partial charge is 0.495 e. The molecule has 0 atom stereocenters. The molecule has 1 N–H and O–H groups in total. The number of anilines is 2. The average molecular weight is 497 g/mol. The normalized spacial score (nSPS) is 16.0. The fourth-order valence-electron chi connectivity index (χ4n) is 5.05. The van der Waals surface area contributed by atoms with E-state index in [-0.39, 0.29) is 0 Å². The molecule has 0 aliphatic carbocycles.